The van der Waals surface area contributed by atoms with Gasteiger partial charge in [0.05, 0.1) is 5.92 Å². The van der Waals surface area contributed by atoms with Gasteiger partial charge in [-0.3, -0.25) is 4.79 Å². The maximum absolute atomic E-state index is 14.1. The average Bonchev–Trinajstić information content (AvgIpc) is 2.86. The molecule has 1 amide bonds. The highest BCUT2D eigenvalue weighted by Crippen LogP contribution is 2.44. The Bertz CT molecular complexity index is 1060. The predicted molar refractivity (Wildman–Crippen MR) is 125 cm³/mol. The van der Waals surface area contributed by atoms with Crippen molar-refractivity contribution in [3.8, 4) is 5.75 Å². The van der Waals surface area contributed by atoms with E-state index in [0.29, 0.717) is 6.42 Å². The molecule has 3 fully saturated rings. The molecule has 2 aliphatic heterocycles. The smallest absolute Gasteiger partial charge is 0.326 e. The Morgan fingerprint density at radius 3 is 1.91 bits per heavy atom. The molecule has 0 radical (unpaired) electrons. The van der Waals surface area contributed by atoms with Crippen molar-refractivity contribution in [1.29, 1.82) is 0 Å². The number of para-hydroxylation sites is 1. The number of benzene rings is 3. The number of hydrogen-bond acceptors (Lipinski definition) is 3. The molecule has 6 rings (SSSR count). The molecule has 2 bridgehead atoms. The molecule has 5 nitrogen and oxygen atoms in total. The zero-order valence-corrected chi connectivity index (χ0v) is 18.3. The Kier molecular flexibility index (Phi) is 5.86. The summed E-state index contributed by atoms with van der Waals surface area (Å²) in [6.45, 7) is 0. The Labute approximate surface area is 193 Å². The number of amides is 1. The van der Waals surface area contributed by atoms with Crippen LogP contribution in [0.3, 0.4) is 0 Å². The largest absolute Gasteiger partial charge is 0.490 e. The molecule has 2 saturated heterocycles. The van der Waals surface area contributed by atoms with Gasteiger partial charge in [0.15, 0.2) is 0 Å². The molecule has 4 atom stereocenters. The van der Waals surface area contributed by atoms with E-state index >= 15 is 0 Å². The predicted octanol–water partition coefficient (Wildman–Crippen LogP) is 4.73. The monoisotopic (exact) mass is 441 g/mol. The van der Waals surface area contributed by atoms with Crippen LogP contribution < -0.4 is 4.74 Å². The van der Waals surface area contributed by atoms with Crippen LogP contribution in [0.5, 0.6) is 5.75 Å². The lowest BCUT2D eigenvalue weighted by molar-refractivity contribution is -0.170. The topological polar surface area (TPSA) is 66.8 Å². The van der Waals surface area contributed by atoms with Crippen molar-refractivity contribution in [2.45, 2.75) is 43.4 Å². The summed E-state index contributed by atoms with van der Waals surface area (Å²) in [6, 6.07) is 27.7. The molecule has 3 aromatic carbocycles. The van der Waals surface area contributed by atoms with Crippen molar-refractivity contribution in [2.75, 3.05) is 0 Å². The first-order valence-electron chi connectivity index (χ1n) is 11.5. The van der Waals surface area contributed by atoms with Gasteiger partial charge in [0.25, 0.3) is 0 Å². The fraction of sp³-hybridized carbons (Fsp3) is 0.286. The van der Waals surface area contributed by atoms with E-state index in [2.05, 4.69) is 0 Å². The van der Waals surface area contributed by atoms with Crippen molar-refractivity contribution in [3.05, 3.63) is 102 Å². The molecule has 1 saturated carbocycles. The van der Waals surface area contributed by atoms with Crippen LogP contribution in [0.4, 0.5) is 0 Å². The molecule has 33 heavy (non-hydrogen) atoms. The second-order valence-electron chi connectivity index (χ2n) is 8.88. The van der Waals surface area contributed by atoms with Crippen molar-refractivity contribution in [1.82, 2.24) is 4.90 Å². The van der Waals surface area contributed by atoms with E-state index in [-0.39, 0.29) is 24.0 Å². The normalized spacial score (nSPS) is 24.0. The van der Waals surface area contributed by atoms with Gasteiger partial charge in [0.2, 0.25) is 5.91 Å². The van der Waals surface area contributed by atoms with Crippen molar-refractivity contribution in [3.63, 3.8) is 0 Å². The Morgan fingerprint density at radius 2 is 1.36 bits per heavy atom. The summed E-state index contributed by atoms with van der Waals surface area (Å²) in [4.78, 5) is 28.3. The number of carbonyl (C=O) groups is 2. The van der Waals surface area contributed by atoms with Crippen molar-refractivity contribution < 1.29 is 19.4 Å². The highest BCUT2D eigenvalue weighted by atomic mass is 16.5. The first-order valence-corrected chi connectivity index (χ1v) is 11.5. The summed E-state index contributed by atoms with van der Waals surface area (Å²) < 4.78 is 6.23. The minimum absolute atomic E-state index is 0.146. The van der Waals surface area contributed by atoms with E-state index in [1.807, 2.05) is 91.0 Å². The Balaban J connectivity index is 1.48. The second-order valence-corrected chi connectivity index (χ2v) is 8.88. The number of carboxylic acid groups (broad SMARTS) is 1. The number of carbonyl (C=O) groups excluding carboxylic acids is 1. The third kappa shape index (κ3) is 4.11. The first-order chi connectivity index (χ1) is 16.1. The van der Waals surface area contributed by atoms with E-state index in [4.69, 9.17) is 4.74 Å². The number of carboxylic acids is 1. The van der Waals surface area contributed by atoms with Gasteiger partial charge >= 0.3 is 5.97 Å². The molecule has 1 N–H and O–H groups in total. The molecule has 5 heteroatoms. The van der Waals surface area contributed by atoms with E-state index in [9.17, 15) is 14.7 Å². The molecule has 1 aliphatic carbocycles. The van der Waals surface area contributed by atoms with Crippen LogP contribution in [0.1, 0.15) is 36.3 Å². The maximum Gasteiger partial charge on any atom is 0.326 e. The zero-order valence-electron chi connectivity index (χ0n) is 18.3. The van der Waals surface area contributed by atoms with Gasteiger partial charge in [-0.05, 0) is 36.1 Å². The SMILES string of the molecule is O=C(O)[C@@H]1C2CCC(CC2Oc2ccccc2)N1C(=O)C(c1ccccc1)c1ccccc1. The number of nitrogens with zero attached hydrogens (tertiary/aromatic N) is 1. The maximum atomic E-state index is 14.1. The quantitative estimate of drug-likeness (QED) is 0.601. The first kappa shape index (κ1) is 21.3. The highest BCUT2D eigenvalue weighted by Gasteiger charge is 2.54. The third-order valence-electron chi connectivity index (χ3n) is 6.96. The lowest BCUT2D eigenvalue weighted by Gasteiger charge is -2.53. The van der Waals surface area contributed by atoms with Crippen LogP contribution in [0.2, 0.25) is 0 Å². The molecule has 3 aromatic rings. The van der Waals surface area contributed by atoms with Crippen LogP contribution >= 0.6 is 0 Å². The molecule has 0 spiro atoms. The fourth-order valence-electron chi connectivity index (χ4n) is 5.52. The zero-order chi connectivity index (χ0) is 22.8. The van der Waals surface area contributed by atoms with E-state index in [1.54, 1.807) is 4.90 Å². The molecule has 168 valence electrons. The minimum Gasteiger partial charge on any atom is -0.490 e. The molecule has 2 heterocycles. The Morgan fingerprint density at radius 1 is 0.818 bits per heavy atom. The highest BCUT2D eigenvalue weighted by molar-refractivity contribution is 5.91. The van der Waals surface area contributed by atoms with Crippen LogP contribution in [-0.4, -0.2) is 40.1 Å². The number of rotatable bonds is 6. The number of ether oxygens (including phenoxy) is 1. The third-order valence-corrected chi connectivity index (χ3v) is 6.96. The van der Waals surface area contributed by atoms with Gasteiger partial charge in [-0.1, -0.05) is 78.9 Å². The summed E-state index contributed by atoms with van der Waals surface area (Å²) in [5, 5.41) is 10.2. The van der Waals surface area contributed by atoms with Crippen LogP contribution in [0.15, 0.2) is 91.0 Å². The number of hydrogen-bond donors (Lipinski definition) is 1. The van der Waals surface area contributed by atoms with Crippen LogP contribution in [0, 0.1) is 5.92 Å². The van der Waals surface area contributed by atoms with Crippen LogP contribution in [0.25, 0.3) is 0 Å². The lowest BCUT2D eigenvalue weighted by Crippen LogP contribution is -2.66. The molecular weight excluding hydrogens is 414 g/mol. The van der Waals surface area contributed by atoms with Gasteiger partial charge < -0.3 is 14.7 Å². The summed E-state index contributed by atoms with van der Waals surface area (Å²) in [5.74, 6) is -1.15. The summed E-state index contributed by atoms with van der Waals surface area (Å²) in [6.07, 6.45) is 1.96. The van der Waals surface area contributed by atoms with E-state index in [1.165, 1.54) is 0 Å². The van der Waals surface area contributed by atoms with E-state index in [0.717, 1.165) is 29.7 Å². The summed E-state index contributed by atoms with van der Waals surface area (Å²) >= 11 is 0. The average molecular weight is 442 g/mol. The molecule has 0 aromatic heterocycles. The van der Waals surface area contributed by atoms with E-state index < -0.39 is 17.9 Å². The van der Waals surface area contributed by atoms with Gasteiger partial charge in [0.1, 0.15) is 17.9 Å². The van der Waals surface area contributed by atoms with Gasteiger partial charge in [0, 0.05) is 18.4 Å². The number of piperidine rings is 2. The minimum atomic E-state index is -0.959. The Hall–Kier alpha value is -3.60. The van der Waals surface area contributed by atoms with Gasteiger partial charge in [-0.15, -0.1) is 0 Å². The summed E-state index contributed by atoms with van der Waals surface area (Å²) in [7, 11) is 0. The molecule has 3 unspecified atom stereocenters. The lowest BCUT2D eigenvalue weighted by atomic mass is 9.71. The molecular formula is C28H27NO4. The van der Waals surface area contributed by atoms with Gasteiger partial charge in [-0.25, -0.2) is 4.79 Å². The summed E-state index contributed by atoms with van der Waals surface area (Å²) in [5.41, 5.74) is 1.74. The van der Waals surface area contributed by atoms with Gasteiger partial charge in [-0.2, -0.15) is 0 Å². The molecule has 3 aliphatic rings. The van der Waals surface area contributed by atoms with Crippen molar-refractivity contribution >= 4 is 11.9 Å². The standard InChI is InChI=1S/C28H27NO4/c30-27(25(19-10-4-1-5-11-19)20-12-6-2-7-13-20)29-21-16-17-23(26(29)28(31)32)24(18-21)33-22-14-8-3-9-15-22/h1-15,21,23-26H,16-18H2,(H,31,32)/t21?,23?,24?,26-/m0/s1. The fourth-order valence-corrected chi connectivity index (χ4v) is 5.52. The number of aliphatic carboxylic acids is 1. The van der Waals surface area contributed by atoms with Crippen LogP contribution in [-0.2, 0) is 9.59 Å². The number of fused-ring (bicyclic) bond motifs is 3. The second kappa shape index (κ2) is 9.10. The van der Waals surface area contributed by atoms with Crippen molar-refractivity contribution in [2.24, 2.45) is 5.92 Å².